The highest BCUT2D eigenvalue weighted by Crippen LogP contribution is 2.34. The van der Waals surface area contributed by atoms with Crippen LogP contribution in [0.2, 0.25) is 0 Å². The van der Waals surface area contributed by atoms with Gasteiger partial charge in [-0.05, 0) is 30.7 Å². The van der Waals surface area contributed by atoms with Gasteiger partial charge < -0.3 is 19.1 Å². The van der Waals surface area contributed by atoms with E-state index in [0.717, 1.165) is 22.3 Å². The molecule has 0 radical (unpaired) electrons. The summed E-state index contributed by atoms with van der Waals surface area (Å²) in [5.74, 6) is -0.311. The summed E-state index contributed by atoms with van der Waals surface area (Å²) in [4.78, 5) is 17.4. The molecule has 0 N–H and O–H groups in total. The molecule has 1 aliphatic heterocycles. The molecule has 0 atom stereocenters. The summed E-state index contributed by atoms with van der Waals surface area (Å²) in [6.07, 6.45) is 0. The third-order valence-corrected chi connectivity index (χ3v) is 6.31. The molecule has 36 heavy (non-hydrogen) atoms. The van der Waals surface area contributed by atoms with Crippen LogP contribution in [0.15, 0.2) is 83.4 Å². The van der Waals surface area contributed by atoms with Gasteiger partial charge in [-0.2, -0.15) is 0 Å². The first kappa shape index (κ1) is 23.8. The molecule has 1 amide bonds. The monoisotopic (exact) mass is 485 g/mol. The van der Waals surface area contributed by atoms with Gasteiger partial charge in [-0.15, -0.1) is 0 Å². The molecule has 0 aliphatic carbocycles. The Labute approximate surface area is 209 Å². The summed E-state index contributed by atoms with van der Waals surface area (Å²) >= 11 is 0. The van der Waals surface area contributed by atoms with E-state index in [2.05, 4.69) is 10.1 Å². The van der Waals surface area contributed by atoms with E-state index in [-0.39, 0.29) is 18.0 Å². The van der Waals surface area contributed by atoms with E-state index in [1.807, 2.05) is 61.5 Å². The van der Waals surface area contributed by atoms with E-state index in [1.165, 1.54) is 12.1 Å². The minimum atomic E-state index is -0.543. The van der Waals surface area contributed by atoms with Crippen LogP contribution in [0.5, 0.6) is 0 Å². The van der Waals surface area contributed by atoms with Crippen LogP contribution in [0.4, 0.5) is 10.3 Å². The minimum Gasteiger partial charge on any atom is -0.378 e. The van der Waals surface area contributed by atoms with Crippen molar-refractivity contribution in [1.82, 2.24) is 10.1 Å². The Hall–Kier alpha value is -3.97. The normalized spacial score (nSPS) is 13.6. The predicted octanol–water partition coefficient (Wildman–Crippen LogP) is 5.47. The second kappa shape index (κ2) is 10.7. The maximum Gasteiger partial charge on any atom is 0.257 e. The second-order valence-electron chi connectivity index (χ2n) is 8.91. The molecule has 6 nitrogen and oxygen atoms in total. The number of hydrogen-bond acceptors (Lipinski definition) is 5. The molecule has 1 fully saturated rings. The summed E-state index contributed by atoms with van der Waals surface area (Å²) in [6.45, 7) is 5.04. The molecule has 1 saturated heterocycles. The molecular weight excluding hydrogens is 457 g/mol. The Bertz CT molecular complexity index is 1330. The topological polar surface area (TPSA) is 58.8 Å². The Morgan fingerprint density at radius 1 is 0.972 bits per heavy atom. The fourth-order valence-electron chi connectivity index (χ4n) is 4.48. The van der Waals surface area contributed by atoms with Gasteiger partial charge in [0.1, 0.15) is 11.5 Å². The number of nitrogens with zero attached hydrogens (tertiary/aromatic N) is 3. The standard InChI is InChI=1S/C29H28FN3O3/c1-21-8-7-11-23(18-21)27-25(29(36-31-27)32-14-16-35-17-15-32)20-33(19-22-9-3-2-4-10-22)28(34)24-12-5-6-13-26(24)30/h2-13,18H,14-17,19-20H2,1H3. The molecule has 0 spiro atoms. The van der Waals surface area contributed by atoms with Gasteiger partial charge in [0.05, 0.1) is 30.9 Å². The zero-order chi connectivity index (χ0) is 24.9. The van der Waals surface area contributed by atoms with Crippen molar-refractivity contribution in [2.75, 3.05) is 31.2 Å². The Morgan fingerprint density at radius 2 is 1.72 bits per heavy atom. The summed E-state index contributed by atoms with van der Waals surface area (Å²) in [5.41, 5.74) is 4.46. The second-order valence-corrected chi connectivity index (χ2v) is 8.91. The highest BCUT2D eigenvalue weighted by molar-refractivity contribution is 5.94. The molecule has 4 aromatic rings. The Balaban J connectivity index is 1.58. The average Bonchev–Trinajstić information content (AvgIpc) is 3.33. The number of rotatable bonds is 7. The van der Waals surface area contributed by atoms with Gasteiger partial charge in [0.15, 0.2) is 0 Å². The minimum absolute atomic E-state index is 0.0370. The molecule has 0 unspecified atom stereocenters. The van der Waals surface area contributed by atoms with Gasteiger partial charge in [0.2, 0.25) is 5.88 Å². The maximum atomic E-state index is 14.7. The predicted molar refractivity (Wildman–Crippen MR) is 136 cm³/mol. The van der Waals surface area contributed by atoms with Crippen LogP contribution >= 0.6 is 0 Å². The van der Waals surface area contributed by atoms with Crippen LogP contribution in [0, 0.1) is 12.7 Å². The van der Waals surface area contributed by atoms with Crippen LogP contribution in [-0.2, 0) is 17.8 Å². The number of benzene rings is 3. The largest absolute Gasteiger partial charge is 0.378 e. The molecule has 3 aromatic carbocycles. The smallest absolute Gasteiger partial charge is 0.257 e. The van der Waals surface area contributed by atoms with Crippen LogP contribution in [0.25, 0.3) is 11.3 Å². The number of aromatic nitrogens is 1. The highest BCUT2D eigenvalue weighted by atomic mass is 19.1. The highest BCUT2D eigenvalue weighted by Gasteiger charge is 2.28. The van der Waals surface area contributed by atoms with Crippen LogP contribution in [-0.4, -0.2) is 42.3 Å². The van der Waals surface area contributed by atoms with E-state index in [1.54, 1.807) is 17.0 Å². The van der Waals surface area contributed by atoms with E-state index in [0.29, 0.717) is 44.4 Å². The van der Waals surface area contributed by atoms with Crippen molar-refractivity contribution in [2.24, 2.45) is 0 Å². The number of aryl methyl sites for hydroxylation is 1. The van der Waals surface area contributed by atoms with Crippen molar-refractivity contribution in [2.45, 2.75) is 20.0 Å². The van der Waals surface area contributed by atoms with Gasteiger partial charge in [-0.25, -0.2) is 4.39 Å². The van der Waals surface area contributed by atoms with Crippen LogP contribution < -0.4 is 4.90 Å². The number of ether oxygens (including phenoxy) is 1. The van der Waals surface area contributed by atoms with Crippen LogP contribution in [0.1, 0.15) is 27.0 Å². The van der Waals surface area contributed by atoms with Crippen molar-refractivity contribution in [1.29, 1.82) is 0 Å². The lowest BCUT2D eigenvalue weighted by Crippen LogP contribution is -2.37. The quantitative estimate of drug-likeness (QED) is 0.348. The first-order valence-corrected chi connectivity index (χ1v) is 12.1. The van der Waals surface area contributed by atoms with E-state index < -0.39 is 5.82 Å². The summed E-state index contributed by atoms with van der Waals surface area (Å²) < 4.78 is 26.1. The zero-order valence-electron chi connectivity index (χ0n) is 20.2. The first-order valence-electron chi connectivity index (χ1n) is 12.1. The number of carbonyl (C=O) groups excluding carboxylic acids is 1. The molecule has 1 aromatic heterocycles. The van der Waals surface area contributed by atoms with E-state index >= 15 is 0 Å². The lowest BCUT2D eigenvalue weighted by Gasteiger charge is -2.28. The summed E-state index contributed by atoms with van der Waals surface area (Å²) in [6, 6.07) is 23.8. The third-order valence-electron chi connectivity index (χ3n) is 6.31. The van der Waals surface area contributed by atoms with Gasteiger partial charge in [-0.1, -0.05) is 71.4 Å². The third kappa shape index (κ3) is 5.16. The van der Waals surface area contributed by atoms with E-state index in [9.17, 15) is 9.18 Å². The Kier molecular flexibility index (Phi) is 7.09. The molecule has 0 saturated carbocycles. The molecule has 1 aliphatic rings. The van der Waals surface area contributed by atoms with Crippen molar-refractivity contribution in [3.63, 3.8) is 0 Å². The number of amides is 1. The maximum absolute atomic E-state index is 14.7. The van der Waals surface area contributed by atoms with Crippen molar-refractivity contribution in [3.8, 4) is 11.3 Å². The fraction of sp³-hybridized carbons (Fsp3) is 0.241. The van der Waals surface area contributed by atoms with Gasteiger partial charge in [0, 0.05) is 25.2 Å². The molecule has 2 heterocycles. The SMILES string of the molecule is Cc1cccc(-c2noc(N3CCOCC3)c2CN(Cc2ccccc2)C(=O)c2ccccc2F)c1. The van der Waals surface area contributed by atoms with E-state index in [4.69, 9.17) is 9.26 Å². The first-order chi connectivity index (χ1) is 17.6. The van der Waals surface area contributed by atoms with Gasteiger partial charge in [0.25, 0.3) is 5.91 Å². The number of hydrogen-bond donors (Lipinski definition) is 0. The van der Waals surface area contributed by atoms with Crippen molar-refractivity contribution >= 4 is 11.8 Å². The Morgan fingerprint density at radius 3 is 2.47 bits per heavy atom. The number of anilines is 1. The molecule has 0 bridgehead atoms. The van der Waals surface area contributed by atoms with Gasteiger partial charge >= 0.3 is 0 Å². The van der Waals surface area contributed by atoms with Crippen molar-refractivity contribution < 1.29 is 18.4 Å². The fourth-order valence-corrected chi connectivity index (χ4v) is 4.48. The molecular formula is C29H28FN3O3. The molecule has 7 heteroatoms. The summed E-state index contributed by atoms with van der Waals surface area (Å²) in [7, 11) is 0. The lowest BCUT2D eigenvalue weighted by molar-refractivity contribution is 0.0725. The average molecular weight is 486 g/mol. The lowest BCUT2D eigenvalue weighted by atomic mass is 10.0. The summed E-state index contributed by atoms with van der Waals surface area (Å²) in [5, 5.41) is 4.44. The van der Waals surface area contributed by atoms with Crippen LogP contribution in [0.3, 0.4) is 0 Å². The molecule has 184 valence electrons. The number of carbonyl (C=O) groups is 1. The molecule has 5 rings (SSSR count). The number of morpholine rings is 1. The van der Waals surface area contributed by atoms with Gasteiger partial charge in [-0.3, -0.25) is 4.79 Å². The number of halogens is 1. The van der Waals surface area contributed by atoms with Crippen molar-refractivity contribution in [3.05, 3.63) is 107 Å². The zero-order valence-corrected chi connectivity index (χ0v) is 20.2.